The van der Waals surface area contributed by atoms with E-state index in [0.29, 0.717) is 11.4 Å². The van der Waals surface area contributed by atoms with Gasteiger partial charge in [-0.15, -0.1) is 0 Å². The van der Waals surface area contributed by atoms with Crippen molar-refractivity contribution in [1.82, 2.24) is 0 Å². The fraction of sp³-hybridized carbons (Fsp3) is 0.120. The number of benzene rings is 3. The van der Waals surface area contributed by atoms with Crippen LogP contribution in [0.15, 0.2) is 82.7 Å². The molecule has 9 heteroatoms. The number of nitrogens with zero attached hydrogens (tertiary/aromatic N) is 1. The molecule has 0 aromatic heterocycles. The van der Waals surface area contributed by atoms with Crippen molar-refractivity contribution in [1.29, 1.82) is 0 Å². The van der Waals surface area contributed by atoms with Crippen molar-refractivity contribution in [3.63, 3.8) is 0 Å². The van der Waals surface area contributed by atoms with E-state index in [2.05, 4.69) is 0 Å². The van der Waals surface area contributed by atoms with Crippen LogP contribution in [-0.2, 0) is 14.6 Å². The SMILES string of the molecule is CCOC(=O)c1cccc(N2C=C(C(=O)c3ccc(OC)cc3)S(=O)(=O)c3ccc(F)cc32)c1. The largest absolute Gasteiger partial charge is 0.497 e. The summed E-state index contributed by atoms with van der Waals surface area (Å²) in [5.41, 5.74) is 0.739. The summed E-state index contributed by atoms with van der Waals surface area (Å²) in [7, 11) is -2.78. The number of allylic oxidation sites excluding steroid dienone is 1. The van der Waals surface area contributed by atoms with E-state index in [1.807, 2.05) is 0 Å². The molecule has 0 amide bonds. The lowest BCUT2D eigenvalue weighted by molar-refractivity contribution is 0.0526. The maximum absolute atomic E-state index is 14.1. The smallest absolute Gasteiger partial charge is 0.338 e. The molecular weight excluding hydrogens is 461 g/mol. The highest BCUT2D eigenvalue weighted by atomic mass is 32.2. The number of carbonyl (C=O) groups is 2. The molecule has 0 spiro atoms. The molecule has 0 N–H and O–H groups in total. The average molecular weight is 482 g/mol. The first-order valence-electron chi connectivity index (χ1n) is 10.3. The van der Waals surface area contributed by atoms with Gasteiger partial charge in [-0.3, -0.25) is 4.79 Å². The van der Waals surface area contributed by atoms with Crippen LogP contribution in [0.25, 0.3) is 0 Å². The zero-order chi connectivity index (χ0) is 24.5. The Hall–Kier alpha value is -3.98. The van der Waals surface area contributed by atoms with E-state index in [0.717, 1.165) is 24.4 Å². The second-order valence-electron chi connectivity index (χ2n) is 7.31. The van der Waals surface area contributed by atoms with Crippen molar-refractivity contribution in [3.05, 3.63) is 94.8 Å². The van der Waals surface area contributed by atoms with Crippen LogP contribution in [0.2, 0.25) is 0 Å². The van der Waals surface area contributed by atoms with Crippen LogP contribution in [0.3, 0.4) is 0 Å². The topological polar surface area (TPSA) is 90.0 Å². The summed E-state index contributed by atoms with van der Waals surface area (Å²) in [4.78, 5) is 26.1. The Morgan fingerprint density at radius 2 is 1.71 bits per heavy atom. The van der Waals surface area contributed by atoms with E-state index >= 15 is 0 Å². The van der Waals surface area contributed by atoms with Gasteiger partial charge in [0.25, 0.3) is 0 Å². The second-order valence-corrected chi connectivity index (χ2v) is 9.19. The molecular formula is C25H20FNO6S. The third-order valence-corrected chi connectivity index (χ3v) is 7.01. The van der Waals surface area contributed by atoms with Gasteiger partial charge < -0.3 is 14.4 Å². The Kier molecular flexibility index (Phi) is 6.21. The molecule has 1 aliphatic rings. The molecule has 0 saturated carbocycles. The molecule has 0 radical (unpaired) electrons. The third-order valence-electron chi connectivity index (χ3n) is 5.22. The minimum Gasteiger partial charge on any atom is -0.497 e. The first kappa shape index (κ1) is 23.2. The van der Waals surface area contributed by atoms with Crippen LogP contribution < -0.4 is 9.64 Å². The van der Waals surface area contributed by atoms with Gasteiger partial charge in [0.15, 0.2) is 0 Å². The summed E-state index contributed by atoms with van der Waals surface area (Å²) >= 11 is 0. The predicted molar refractivity (Wildman–Crippen MR) is 124 cm³/mol. The first-order valence-corrected chi connectivity index (χ1v) is 11.8. The predicted octanol–water partition coefficient (Wildman–Crippen LogP) is 4.66. The summed E-state index contributed by atoms with van der Waals surface area (Å²) < 4.78 is 51.0. The van der Waals surface area contributed by atoms with Crippen LogP contribution in [0.5, 0.6) is 5.75 Å². The van der Waals surface area contributed by atoms with Gasteiger partial charge in [-0.1, -0.05) is 6.07 Å². The van der Waals surface area contributed by atoms with Crippen LogP contribution in [0.4, 0.5) is 15.8 Å². The van der Waals surface area contributed by atoms with Crippen LogP contribution >= 0.6 is 0 Å². The number of hydrogen-bond acceptors (Lipinski definition) is 7. The van der Waals surface area contributed by atoms with E-state index in [1.54, 1.807) is 37.3 Å². The number of methoxy groups -OCH3 is 1. The van der Waals surface area contributed by atoms with E-state index in [9.17, 15) is 22.4 Å². The number of ether oxygens (including phenoxy) is 2. The van der Waals surface area contributed by atoms with Gasteiger partial charge in [0, 0.05) is 17.5 Å². The molecule has 34 heavy (non-hydrogen) atoms. The molecule has 4 rings (SSSR count). The normalized spacial score (nSPS) is 14.1. The molecule has 1 heterocycles. The molecule has 0 fully saturated rings. The maximum Gasteiger partial charge on any atom is 0.338 e. The molecule has 174 valence electrons. The van der Waals surface area contributed by atoms with Gasteiger partial charge in [-0.25, -0.2) is 17.6 Å². The lowest BCUT2D eigenvalue weighted by Crippen LogP contribution is -2.26. The number of fused-ring (bicyclic) bond motifs is 1. The fourth-order valence-electron chi connectivity index (χ4n) is 3.56. The number of rotatable bonds is 6. The number of hydrogen-bond donors (Lipinski definition) is 0. The zero-order valence-corrected chi connectivity index (χ0v) is 19.1. The third kappa shape index (κ3) is 4.17. The Morgan fingerprint density at radius 1 is 0.971 bits per heavy atom. The first-order chi connectivity index (χ1) is 16.3. The summed E-state index contributed by atoms with van der Waals surface area (Å²) in [5.74, 6) is -1.44. The lowest BCUT2D eigenvalue weighted by atomic mass is 10.1. The van der Waals surface area contributed by atoms with Crippen molar-refractivity contribution in [2.75, 3.05) is 18.6 Å². The molecule has 3 aromatic rings. The summed E-state index contributed by atoms with van der Waals surface area (Å²) in [6.07, 6.45) is 1.15. The second kappa shape index (κ2) is 9.11. The number of halogens is 1. The number of carbonyl (C=O) groups excluding carboxylic acids is 2. The van der Waals surface area contributed by atoms with Crippen molar-refractivity contribution in [2.45, 2.75) is 11.8 Å². The molecule has 0 aliphatic carbocycles. The van der Waals surface area contributed by atoms with Gasteiger partial charge in [0.1, 0.15) is 16.5 Å². The standard InChI is InChI=1S/C25H20FNO6S/c1-3-33-25(29)17-5-4-6-19(13-17)27-15-23(24(28)16-7-10-20(32-2)11-8-16)34(30,31)22-12-9-18(26)14-21(22)27/h4-15H,3H2,1-2H3. The van der Waals surface area contributed by atoms with Crippen molar-refractivity contribution >= 4 is 33.0 Å². The molecule has 3 aromatic carbocycles. The van der Waals surface area contributed by atoms with Crippen LogP contribution in [-0.4, -0.2) is 33.9 Å². The minimum atomic E-state index is -4.26. The van der Waals surface area contributed by atoms with E-state index in [1.165, 1.54) is 30.2 Å². The zero-order valence-electron chi connectivity index (χ0n) is 18.3. The number of esters is 1. The van der Waals surface area contributed by atoms with Crippen LogP contribution in [0, 0.1) is 5.82 Å². The van der Waals surface area contributed by atoms with Gasteiger partial charge in [-0.2, -0.15) is 0 Å². The van der Waals surface area contributed by atoms with Gasteiger partial charge in [0.2, 0.25) is 15.6 Å². The highest BCUT2D eigenvalue weighted by Crippen LogP contribution is 2.41. The molecule has 0 atom stereocenters. The number of ketones is 1. The van der Waals surface area contributed by atoms with Crippen LogP contribution in [0.1, 0.15) is 27.6 Å². The Balaban J connectivity index is 1.88. The lowest BCUT2D eigenvalue weighted by Gasteiger charge is -2.29. The molecule has 1 aliphatic heterocycles. The molecule has 0 saturated heterocycles. The quantitative estimate of drug-likeness (QED) is 0.287. The highest BCUT2D eigenvalue weighted by Gasteiger charge is 2.36. The Morgan fingerprint density at radius 3 is 2.38 bits per heavy atom. The minimum absolute atomic E-state index is 0.0206. The van der Waals surface area contributed by atoms with Gasteiger partial charge >= 0.3 is 5.97 Å². The van der Waals surface area contributed by atoms with Crippen molar-refractivity contribution in [2.24, 2.45) is 0 Å². The summed E-state index contributed by atoms with van der Waals surface area (Å²) in [6, 6.07) is 15.4. The monoisotopic (exact) mass is 481 g/mol. The summed E-state index contributed by atoms with van der Waals surface area (Å²) in [6.45, 7) is 1.86. The fourth-order valence-corrected chi connectivity index (χ4v) is 5.08. The molecule has 7 nitrogen and oxygen atoms in total. The van der Waals surface area contributed by atoms with E-state index < -0.39 is 32.3 Å². The number of sulfone groups is 1. The maximum atomic E-state index is 14.1. The number of anilines is 2. The van der Waals surface area contributed by atoms with Crippen molar-refractivity contribution < 1.29 is 31.9 Å². The molecule has 0 bridgehead atoms. The Bertz CT molecular complexity index is 1410. The molecule has 0 unspecified atom stereocenters. The highest BCUT2D eigenvalue weighted by molar-refractivity contribution is 7.96. The van der Waals surface area contributed by atoms with Gasteiger partial charge in [-0.05, 0) is 67.6 Å². The van der Waals surface area contributed by atoms with Gasteiger partial charge in [0.05, 0.1) is 29.9 Å². The Labute approximate surface area is 196 Å². The van der Waals surface area contributed by atoms with E-state index in [-0.39, 0.29) is 28.3 Å². The average Bonchev–Trinajstić information content (AvgIpc) is 2.84. The van der Waals surface area contributed by atoms with E-state index in [4.69, 9.17) is 9.47 Å². The summed E-state index contributed by atoms with van der Waals surface area (Å²) in [5, 5.41) is 0. The number of Topliss-reactive ketones (excluding diaryl/α,β-unsaturated/α-hetero) is 1. The van der Waals surface area contributed by atoms with Crippen molar-refractivity contribution in [3.8, 4) is 5.75 Å².